The van der Waals surface area contributed by atoms with E-state index in [-0.39, 0.29) is 5.54 Å². The van der Waals surface area contributed by atoms with E-state index in [2.05, 4.69) is 50.4 Å². The van der Waals surface area contributed by atoms with Crippen LogP contribution in [0.5, 0.6) is 5.75 Å². The van der Waals surface area contributed by atoms with Gasteiger partial charge in [-0.05, 0) is 63.1 Å². The maximum atomic E-state index is 5.27. The first kappa shape index (κ1) is 15.4. The molecule has 1 aromatic carbocycles. The van der Waals surface area contributed by atoms with Gasteiger partial charge in [-0.2, -0.15) is 0 Å². The Balaban J connectivity index is 2.11. The summed E-state index contributed by atoms with van der Waals surface area (Å²) in [6.07, 6.45) is 5.55. The second kappa shape index (κ2) is 6.62. The van der Waals surface area contributed by atoms with Crippen molar-refractivity contribution >= 4 is 0 Å². The van der Waals surface area contributed by atoms with Crippen molar-refractivity contribution in [1.29, 1.82) is 0 Å². The van der Waals surface area contributed by atoms with Crippen molar-refractivity contribution in [3.8, 4) is 5.75 Å². The van der Waals surface area contributed by atoms with Crippen LogP contribution in [0.1, 0.15) is 57.9 Å². The molecule has 1 atom stereocenters. The van der Waals surface area contributed by atoms with E-state index in [0.29, 0.717) is 5.92 Å². The van der Waals surface area contributed by atoms with E-state index in [0.717, 1.165) is 18.2 Å². The minimum atomic E-state index is 0.184. The topological polar surface area (TPSA) is 21.3 Å². The maximum Gasteiger partial charge on any atom is 0.118 e. The van der Waals surface area contributed by atoms with Crippen molar-refractivity contribution in [1.82, 2.24) is 5.32 Å². The molecule has 1 N–H and O–H groups in total. The van der Waals surface area contributed by atoms with Gasteiger partial charge in [0, 0.05) is 12.1 Å². The van der Waals surface area contributed by atoms with Crippen LogP contribution in [0.2, 0.25) is 0 Å². The van der Waals surface area contributed by atoms with Crippen LogP contribution in [0.4, 0.5) is 0 Å². The monoisotopic (exact) mass is 275 g/mol. The molecule has 1 aromatic rings. The number of hydrogen-bond donors (Lipinski definition) is 1. The van der Waals surface area contributed by atoms with Crippen LogP contribution >= 0.6 is 0 Å². The van der Waals surface area contributed by atoms with Gasteiger partial charge in [0.25, 0.3) is 0 Å². The van der Waals surface area contributed by atoms with Gasteiger partial charge in [0.2, 0.25) is 0 Å². The van der Waals surface area contributed by atoms with E-state index in [4.69, 9.17) is 4.74 Å². The molecule has 2 heteroatoms. The van der Waals surface area contributed by atoms with Crippen molar-refractivity contribution in [3.05, 3.63) is 29.8 Å². The van der Waals surface area contributed by atoms with E-state index in [1.165, 1.54) is 31.2 Å². The molecule has 0 heterocycles. The quantitative estimate of drug-likeness (QED) is 0.862. The Morgan fingerprint density at radius 3 is 2.25 bits per heavy atom. The Kier molecular flexibility index (Phi) is 5.09. The van der Waals surface area contributed by atoms with Crippen LogP contribution < -0.4 is 10.1 Å². The van der Waals surface area contributed by atoms with E-state index in [1.54, 1.807) is 7.11 Å². The van der Waals surface area contributed by atoms with Crippen LogP contribution in [0.3, 0.4) is 0 Å². The second-order valence-electron chi connectivity index (χ2n) is 7.06. The fourth-order valence-corrected chi connectivity index (χ4v) is 3.18. The molecular formula is C18H29NO. The highest BCUT2D eigenvalue weighted by molar-refractivity contribution is 5.30. The van der Waals surface area contributed by atoms with Gasteiger partial charge in [0.05, 0.1) is 7.11 Å². The van der Waals surface area contributed by atoms with Gasteiger partial charge in [0.15, 0.2) is 0 Å². The molecule has 2 nitrogen and oxygen atoms in total. The summed E-state index contributed by atoms with van der Waals surface area (Å²) < 4.78 is 5.27. The molecular weight excluding hydrogens is 246 g/mol. The van der Waals surface area contributed by atoms with E-state index >= 15 is 0 Å². The van der Waals surface area contributed by atoms with Gasteiger partial charge in [0.1, 0.15) is 5.75 Å². The summed E-state index contributed by atoms with van der Waals surface area (Å²) >= 11 is 0. The average Bonchev–Trinajstić information content (AvgIpc) is 2.92. The van der Waals surface area contributed by atoms with Crippen LogP contribution in [0.25, 0.3) is 0 Å². The zero-order valence-corrected chi connectivity index (χ0v) is 13.4. The van der Waals surface area contributed by atoms with Gasteiger partial charge in [-0.25, -0.2) is 0 Å². The highest BCUT2D eigenvalue weighted by Gasteiger charge is 2.27. The Morgan fingerprint density at radius 2 is 1.75 bits per heavy atom. The maximum absolute atomic E-state index is 5.27. The first-order valence-electron chi connectivity index (χ1n) is 7.88. The lowest BCUT2D eigenvalue weighted by Gasteiger charge is -2.29. The first-order chi connectivity index (χ1) is 9.49. The SMILES string of the molecule is COc1ccc(C(CNC(C)(C)C)C2CCCC2)cc1. The minimum absolute atomic E-state index is 0.184. The first-order valence-corrected chi connectivity index (χ1v) is 7.88. The Labute approximate surface area is 123 Å². The fraction of sp³-hybridized carbons (Fsp3) is 0.667. The minimum Gasteiger partial charge on any atom is -0.497 e. The second-order valence-corrected chi connectivity index (χ2v) is 7.06. The Morgan fingerprint density at radius 1 is 1.15 bits per heavy atom. The lowest BCUT2D eigenvalue weighted by Crippen LogP contribution is -2.39. The molecule has 0 bridgehead atoms. The van der Waals surface area contributed by atoms with Crippen molar-refractivity contribution in [3.63, 3.8) is 0 Å². The Hall–Kier alpha value is -1.02. The van der Waals surface area contributed by atoms with Crippen LogP contribution in [-0.2, 0) is 0 Å². The molecule has 0 spiro atoms. The lowest BCUT2D eigenvalue weighted by atomic mass is 9.84. The lowest BCUT2D eigenvalue weighted by molar-refractivity contribution is 0.350. The largest absolute Gasteiger partial charge is 0.497 e. The zero-order chi connectivity index (χ0) is 14.6. The molecule has 2 rings (SSSR count). The van der Waals surface area contributed by atoms with Gasteiger partial charge in [-0.15, -0.1) is 0 Å². The third-order valence-corrected chi connectivity index (χ3v) is 4.37. The summed E-state index contributed by atoms with van der Waals surface area (Å²) in [5, 5.41) is 3.69. The standard InChI is InChI=1S/C18H29NO/c1-18(2,3)19-13-17(14-7-5-6-8-14)15-9-11-16(20-4)12-10-15/h9-12,14,17,19H,5-8,13H2,1-4H3. The summed E-state index contributed by atoms with van der Waals surface area (Å²) in [5.41, 5.74) is 1.64. The smallest absolute Gasteiger partial charge is 0.118 e. The van der Waals surface area contributed by atoms with E-state index in [1.807, 2.05) is 0 Å². The normalized spacial score (nSPS) is 18.2. The summed E-state index contributed by atoms with van der Waals surface area (Å²) in [6.45, 7) is 7.80. The molecule has 1 fully saturated rings. The molecule has 1 aliphatic carbocycles. The highest BCUT2D eigenvalue weighted by Crippen LogP contribution is 2.37. The van der Waals surface area contributed by atoms with Gasteiger partial charge >= 0.3 is 0 Å². The summed E-state index contributed by atoms with van der Waals surface area (Å²) in [5.74, 6) is 2.41. The number of ether oxygens (including phenoxy) is 1. The third kappa shape index (κ3) is 4.24. The van der Waals surface area contributed by atoms with Crippen molar-refractivity contribution < 1.29 is 4.74 Å². The van der Waals surface area contributed by atoms with Gasteiger partial charge in [-0.1, -0.05) is 25.0 Å². The van der Waals surface area contributed by atoms with Gasteiger partial charge in [-0.3, -0.25) is 0 Å². The van der Waals surface area contributed by atoms with Crippen LogP contribution in [0, 0.1) is 5.92 Å². The summed E-state index contributed by atoms with van der Waals surface area (Å²) in [4.78, 5) is 0. The molecule has 1 unspecified atom stereocenters. The van der Waals surface area contributed by atoms with E-state index in [9.17, 15) is 0 Å². The molecule has 1 saturated carbocycles. The van der Waals surface area contributed by atoms with Crippen LogP contribution in [0.15, 0.2) is 24.3 Å². The number of hydrogen-bond acceptors (Lipinski definition) is 2. The molecule has 0 aromatic heterocycles. The number of methoxy groups -OCH3 is 1. The zero-order valence-electron chi connectivity index (χ0n) is 13.4. The predicted molar refractivity (Wildman–Crippen MR) is 85.4 cm³/mol. The average molecular weight is 275 g/mol. The molecule has 1 aliphatic rings. The summed E-state index contributed by atoms with van der Waals surface area (Å²) in [6, 6.07) is 8.67. The summed E-state index contributed by atoms with van der Waals surface area (Å²) in [7, 11) is 1.73. The number of benzene rings is 1. The van der Waals surface area contributed by atoms with E-state index < -0.39 is 0 Å². The Bertz CT molecular complexity index is 398. The van der Waals surface area contributed by atoms with Crippen molar-refractivity contribution in [2.75, 3.05) is 13.7 Å². The fourth-order valence-electron chi connectivity index (χ4n) is 3.18. The molecule has 112 valence electrons. The molecule has 0 aliphatic heterocycles. The molecule has 0 radical (unpaired) electrons. The molecule has 0 saturated heterocycles. The molecule has 20 heavy (non-hydrogen) atoms. The van der Waals surface area contributed by atoms with Crippen LogP contribution in [-0.4, -0.2) is 19.2 Å². The third-order valence-electron chi connectivity index (χ3n) is 4.37. The number of nitrogens with one attached hydrogen (secondary N) is 1. The van der Waals surface area contributed by atoms with Crippen molar-refractivity contribution in [2.45, 2.75) is 57.9 Å². The number of rotatable bonds is 5. The van der Waals surface area contributed by atoms with Gasteiger partial charge < -0.3 is 10.1 Å². The van der Waals surface area contributed by atoms with Crippen molar-refractivity contribution in [2.24, 2.45) is 5.92 Å². The molecule has 0 amide bonds. The highest BCUT2D eigenvalue weighted by atomic mass is 16.5. The predicted octanol–water partition coefficient (Wildman–Crippen LogP) is 4.36.